The highest BCUT2D eigenvalue weighted by Gasteiger charge is 2.19. The predicted octanol–water partition coefficient (Wildman–Crippen LogP) is 5.71. The van der Waals surface area contributed by atoms with Crippen LogP contribution in [-0.4, -0.2) is 0 Å². The fourth-order valence-electron chi connectivity index (χ4n) is 3.45. The third-order valence-electron chi connectivity index (χ3n) is 4.97. The van der Waals surface area contributed by atoms with Gasteiger partial charge in [0.15, 0.2) is 0 Å². The van der Waals surface area contributed by atoms with Gasteiger partial charge in [-0.05, 0) is 46.9 Å². The smallest absolute Gasteiger partial charge is 0.0669 e. The van der Waals surface area contributed by atoms with Crippen LogP contribution in [0.1, 0.15) is 49.7 Å². The number of nitriles is 1. The summed E-state index contributed by atoms with van der Waals surface area (Å²) in [7, 11) is 0. The Kier molecular flexibility index (Phi) is 4.59. The van der Waals surface area contributed by atoms with Gasteiger partial charge in [-0.25, -0.2) is 0 Å². The van der Waals surface area contributed by atoms with Crippen molar-refractivity contribution in [1.82, 2.24) is 0 Å². The van der Waals surface area contributed by atoms with Crippen molar-refractivity contribution in [2.75, 3.05) is 0 Å². The maximum absolute atomic E-state index is 8.73. The lowest BCUT2D eigenvalue weighted by atomic mass is 9.79. The summed E-state index contributed by atoms with van der Waals surface area (Å²) < 4.78 is 0. The van der Waals surface area contributed by atoms with Gasteiger partial charge in [-0.15, -0.1) is 0 Å². The molecule has 0 heterocycles. The van der Waals surface area contributed by atoms with Crippen molar-refractivity contribution in [3.8, 4) is 17.2 Å². The summed E-state index contributed by atoms with van der Waals surface area (Å²) in [6, 6.07) is 19.6. The summed E-state index contributed by atoms with van der Waals surface area (Å²) in [4.78, 5) is 0. The number of hydrogen-bond acceptors (Lipinski definition) is 1. The fourth-order valence-corrected chi connectivity index (χ4v) is 3.45. The van der Waals surface area contributed by atoms with Crippen molar-refractivity contribution in [3.05, 3.63) is 59.7 Å². The Balaban J connectivity index is 1.72. The van der Waals surface area contributed by atoms with Crippen LogP contribution in [-0.2, 0) is 6.42 Å². The van der Waals surface area contributed by atoms with Crippen molar-refractivity contribution < 1.29 is 0 Å². The molecule has 1 nitrogen and oxygen atoms in total. The van der Waals surface area contributed by atoms with Gasteiger partial charge in [0.2, 0.25) is 0 Å². The van der Waals surface area contributed by atoms with E-state index in [0.717, 1.165) is 17.4 Å². The Bertz CT molecular complexity index is 638. The first-order valence-electron chi connectivity index (χ1n) is 8.32. The molecule has 0 saturated heterocycles. The quantitative estimate of drug-likeness (QED) is 0.709. The third-order valence-corrected chi connectivity index (χ3v) is 4.97. The van der Waals surface area contributed by atoms with Gasteiger partial charge in [0.05, 0.1) is 12.5 Å². The molecule has 1 saturated carbocycles. The second-order valence-electron chi connectivity index (χ2n) is 6.61. The molecule has 0 radical (unpaired) electrons. The first-order chi connectivity index (χ1) is 10.8. The molecule has 1 aliphatic carbocycles. The summed E-state index contributed by atoms with van der Waals surface area (Å²) in [5, 5.41) is 8.73. The van der Waals surface area contributed by atoms with E-state index in [1.165, 1.54) is 42.4 Å². The van der Waals surface area contributed by atoms with Crippen molar-refractivity contribution >= 4 is 0 Å². The van der Waals surface area contributed by atoms with Crippen LogP contribution in [0.5, 0.6) is 0 Å². The second kappa shape index (κ2) is 6.79. The first kappa shape index (κ1) is 14.9. The SMILES string of the molecule is CC1CCC(c2ccc(-c3ccc(CC#N)cc3)cc2)CC1. The third kappa shape index (κ3) is 3.39. The molecule has 0 aliphatic heterocycles. The Morgan fingerprint density at radius 1 is 0.864 bits per heavy atom. The lowest BCUT2D eigenvalue weighted by molar-refractivity contribution is 0.348. The van der Waals surface area contributed by atoms with E-state index in [1.54, 1.807) is 0 Å². The van der Waals surface area contributed by atoms with E-state index in [4.69, 9.17) is 5.26 Å². The molecule has 3 rings (SSSR count). The molecule has 0 bridgehead atoms. The Labute approximate surface area is 133 Å². The van der Waals surface area contributed by atoms with E-state index in [1.807, 2.05) is 0 Å². The summed E-state index contributed by atoms with van der Waals surface area (Å²) in [6.07, 6.45) is 5.89. The van der Waals surface area contributed by atoms with Crippen molar-refractivity contribution in [2.45, 2.75) is 44.9 Å². The predicted molar refractivity (Wildman–Crippen MR) is 91.6 cm³/mol. The zero-order valence-corrected chi connectivity index (χ0v) is 13.3. The Morgan fingerprint density at radius 2 is 1.41 bits per heavy atom. The molecule has 0 unspecified atom stereocenters. The minimum Gasteiger partial charge on any atom is -0.198 e. The van der Waals surface area contributed by atoms with E-state index >= 15 is 0 Å². The molecule has 0 atom stereocenters. The van der Waals surface area contributed by atoms with Crippen LogP contribution in [0.15, 0.2) is 48.5 Å². The summed E-state index contributed by atoms with van der Waals surface area (Å²) in [6.45, 7) is 2.37. The first-order valence-corrected chi connectivity index (χ1v) is 8.32. The molecular formula is C21H23N. The number of benzene rings is 2. The van der Waals surface area contributed by atoms with Gasteiger partial charge >= 0.3 is 0 Å². The highest BCUT2D eigenvalue weighted by molar-refractivity contribution is 5.64. The monoisotopic (exact) mass is 289 g/mol. The molecule has 112 valence electrons. The molecular weight excluding hydrogens is 266 g/mol. The molecule has 22 heavy (non-hydrogen) atoms. The molecule has 1 heteroatoms. The van der Waals surface area contributed by atoms with Crippen LogP contribution >= 0.6 is 0 Å². The Morgan fingerprint density at radius 3 is 1.95 bits per heavy atom. The largest absolute Gasteiger partial charge is 0.198 e. The van der Waals surface area contributed by atoms with E-state index < -0.39 is 0 Å². The highest BCUT2D eigenvalue weighted by atomic mass is 14.2. The van der Waals surface area contributed by atoms with Gasteiger partial charge in [0.1, 0.15) is 0 Å². The van der Waals surface area contributed by atoms with Gasteiger partial charge in [-0.3, -0.25) is 0 Å². The van der Waals surface area contributed by atoms with Crippen LogP contribution < -0.4 is 0 Å². The average Bonchev–Trinajstić information content (AvgIpc) is 2.57. The molecule has 0 spiro atoms. The molecule has 0 amide bonds. The van der Waals surface area contributed by atoms with Gasteiger partial charge in [-0.2, -0.15) is 5.26 Å². The zero-order valence-electron chi connectivity index (χ0n) is 13.3. The molecule has 0 aromatic heterocycles. The maximum atomic E-state index is 8.73. The maximum Gasteiger partial charge on any atom is 0.0669 e. The average molecular weight is 289 g/mol. The van der Waals surface area contributed by atoms with Crippen molar-refractivity contribution in [2.24, 2.45) is 5.92 Å². The molecule has 2 aromatic carbocycles. The minimum absolute atomic E-state index is 0.485. The van der Waals surface area contributed by atoms with Gasteiger partial charge in [0.25, 0.3) is 0 Å². The van der Waals surface area contributed by atoms with E-state index in [2.05, 4.69) is 61.5 Å². The summed E-state index contributed by atoms with van der Waals surface area (Å²) in [5.74, 6) is 1.66. The van der Waals surface area contributed by atoms with Crippen LogP contribution in [0.4, 0.5) is 0 Å². The summed E-state index contributed by atoms with van der Waals surface area (Å²) >= 11 is 0. The molecule has 1 fully saturated rings. The van der Waals surface area contributed by atoms with Gasteiger partial charge < -0.3 is 0 Å². The minimum atomic E-state index is 0.485. The second-order valence-corrected chi connectivity index (χ2v) is 6.61. The van der Waals surface area contributed by atoms with Gasteiger partial charge in [-0.1, -0.05) is 68.3 Å². The lowest BCUT2D eigenvalue weighted by Crippen LogP contribution is -2.10. The highest BCUT2D eigenvalue weighted by Crippen LogP contribution is 2.36. The van der Waals surface area contributed by atoms with E-state index in [-0.39, 0.29) is 0 Å². The van der Waals surface area contributed by atoms with E-state index in [0.29, 0.717) is 6.42 Å². The van der Waals surface area contributed by atoms with Crippen molar-refractivity contribution in [3.63, 3.8) is 0 Å². The summed E-state index contributed by atoms with van der Waals surface area (Å²) in [5.41, 5.74) is 5.07. The Hall–Kier alpha value is -2.07. The normalized spacial score (nSPS) is 21.3. The standard InChI is InChI=1S/C21H23N/c1-16-2-6-18(7-3-16)20-10-12-21(13-11-20)19-8-4-17(5-9-19)14-15-22/h4-5,8-13,16,18H,2-3,6-7,14H2,1H3. The van der Waals surface area contributed by atoms with Gasteiger partial charge in [0, 0.05) is 0 Å². The van der Waals surface area contributed by atoms with Crippen LogP contribution in [0.3, 0.4) is 0 Å². The van der Waals surface area contributed by atoms with Crippen LogP contribution in [0, 0.1) is 17.2 Å². The van der Waals surface area contributed by atoms with Crippen LogP contribution in [0.25, 0.3) is 11.1 Å². The lowest BCUT2D eigenvalue weighted by Gasteiger charge is -2.26. The topological polar surface area (TPSA) is 23.8 Å². The zero-order chi connectivity index (χ0) is 15.4. The van der Waals surface area contributed by atoms with Crippen molar-refractivity contribution in [1.29, 1.82) is 5.26 Å². The number of rotatable bonds is 3. The van der Waals surface area contributed by atoms with Crippen LogP contribution in [0.2, 0.25) is 0 Å². The molecule has 2 aromatic rings. The number of hydrogen-bond donors (Lipinski definition) is 0. The number of nitrogens with zero attached hydrogens (tertiary/aromatic N) is 1. The van der Waals surface area contributed by atoms with E-state index in [9.17, 15) is 0 Å². The molecule has 1 aliphatic rings. The molecule has 0 N–H and O–H groups in total. The fraction of sp³-hybridized carbons (Fsp3) is 0.381.